The fourth-order valence-corrected chi connectivity index (χ4v) is 2.86. The van der Waals surface area contributed by atoms with E-state index < -0.39 is 0 Å². The molecule has 1 aromatic rings. The number of piperidine rings is 1. The van der Waals surface area contributed by atoms with Crippen LogP contribution in [0.3, 0.4) is 0 Å². The van der Waals surface area contributed by atoms with Crippen LogP contribution in [0.4, 0.5) is 0 Å². The van der Waals surface area contributed by atoms with E-state index in [1.807, 2.05) is 6.20 Å². The molecule has 3 rings (SSSR count). The Morgan fingerprint density at radius 1 is 1.24 bits per heavy atom. The summed E-state index contributed by atoms with van der Waals surface area (Å²) < 4.78 is 8.05. The zero-order chi connectivity index (χ0) is 11.5. The fraction of sp³-hybridized carbons (Fsp3) is 0.769. The Labute approximate surface area is 102 Å². The van der Waals surface area contributed by atoms with Gasteiger partial charge in [0.2, 0.25) is 0 Å². The first-order chi connectivity index (χ1) is 8.42. The second-order valence-corrected chi connectivity index (χ2v) is 5.18. The van der Waals surface area contributed by atoms with E-state index >= 15 is 0 Å². The van der Waals surface area contributed by atoms with E-state index in [1.54, 1.807) is 0 Å². The summed E-state index contributed by atoms with van der Waals surface area (Å²) in [5, 5.41) is 7.80. The molecule has 17 heavy (non-hydrogen) atoms. The van der Waals surface area contributed by atoms with Crippen LogP contribution in [0.25, 0.3) is 0 Å². The summed E-state index contributed by atoms with van der Waals surface area (Å²) >= 11 is 0. The zero-order valence-electron chi connectivity index (χ0n) is 10.3. The summed E-state index contributed by atoms with van der Waals surface area (Å²) in [6, 6.07) is 0.608. The minimum atomic E-state index is 0.324. The topological polar surface area (TPSA) is 39.1 Å². The second-order valence-electron chi connectivity index (χ2n) is 5.18. The van der Waals surface area contributed by atoms with Crippen molar-refractivity contribution in [1.82, 2.24) is 15.1 Å². The molecule has 0 radical (unpaired) electrons. The first-order valence-corrected chi connectivity index (χ1v) is 6.83. The lowest BCUT2D eigenvalue weighted by molar-refractivity contribution is 0.167. The predicted molar refractivity (Wildman–Crippen MR) is 66.3 cm³/mol. The van der Waals surface area contributed by atoms with Gasteiger partial charge in [0.15, 0.2) is 5.75 Å². The molecule has 1 N–H and O–H groups in total. The highest BCUT2D eigenvalue weighted by atomic mass is 16.5. The van der Waals surface area contributed by atoms with Crippen molar-refractivity contribution < 1.29 is 4.74 Å². The standard InChI is InChI=1S/C13H21N3O/c1-2-5-11(4-1)16-10-13(9-15-16)17-12-6-3-7-14-8-12/h9-12,14H,1-8H2. The van der Waals surface area contributed by atoms with Crippen LogP contribution < -0.4 is 10.1 Å². The van der Waals surface area contributed by atoms with E-state index in [4.69, 9.17) is 4.74 Å². The van der Waals surface area contributed by atoms with Crippen LogP contribution in [0.5, 0.6) is 5.75 Å². The van der Waals surface area contributed by atoms with Crippen molar-refractivity contribution in [2.45, 2.75) is 50.7 Å². The highest BCUT2D eigenvalue weighted by Gasteiger charge is 2.19. The van der Waals surface area contributed by atoms with Gasteiger partial charge >= 0.3 is 0 Å². The third-order valence-electron chi connectivity index (χ3n) is 3.83. The van der Waals surface area contributed by atoms with Crippen molar-refractivity contribution in [3.05, 3.63) is 12.4 Å². The van der Waals surface area contributed by atoms with Gasteiger partial charge in [-0.05, 0) is 32.2 Å². The van der Waals surface area contributed by atoms with Crippen molar-refractivity contribution in [3.8, 4) is 5.75 Å². The van der Waals surface area contributed by atoms with Gasteiger partial charge in [-0.15, -0.1) is 0 Å². The number of hydrogen-bond donors (Lipinski definition) is 1. The lowest BCUT2D eigenvalue weighted by Gasteiger charge is -2.23. The van der Waals surface area contributed by atoms with Crippen molar-refractivity contribution >= 4 is 0 Å². The molecular weight excluding hydrogens is 214 g/mol. The van der Waals surface area contributed by atoms with E-state index in [9.17, 15) is 0 Å². The lowest BCUT2D eigenvalue weighted by atomic mass is 10.1. The lowest BCUT2D eigenvalue weighted by Crippen LogP contribution is -2.37. The summed E-state index contributed by atoms with van der Waals surface area (Å²) in [5.74, 6) is 0.936. The normalized spacial score (nSPS) is 26.2. The number of rotatable bonds is 3. The second kappa shape index (κ2) is 5.08. The van der Waals surface area contributed by atoms with Crippen molar-refractivity contribution in [1.29, 1.82) is 0 Å². The van der Waals surface area contributed by atoms with Gasteiger partial charge in [-0.2, -0.15) is 5.10 Å². The smallest absolute Gasteiger partial charge is 0.157 e. The predicted octanol–water partition coefficient (Wildman–Crippen LogP) is 2.13. The highest BCUT2D eigenvalue weighted by Crippen LogP contribution is 2.30. The minimum Gasteiger partial charge on any atom is -0.486 e. The maximum Gasteiger partial charge on any atom is 0.157 e. The molecule has 1 aliphatic carbocycles. The van der Waals surface area contributed by atoms with Gasteiger partial charge in [0.05, 0.1) is 18.4 Å². The number of hydrogen-bond acceptors (Lipinski definition) is 3. The molecule has 1 aromatic heterocycles. The van der Waals surface area contributed by atoms with E-state index in [2.05, 4.69) is 21.3 Å². The summed E-state index contributed by atoms with van der Waals surface area (Å²) in [4.78, 5) is 0. The van der Waals surface area contributed by atoms with Crippen LogP contribution >= 0.6 is 0 Å². The Kier molecular flexibility index (Phi) is 3.31. The van der Waals surface area contributed by atoms with Gasteiger partial charge in [-0.1, -0.05) is 12.8 Å². The van der Waals surface area contributed by atoms with Crippen molar-refractivity contribution in [2.24, 2.45) is 0 Å². The molecule has 2 heterocycles. The van der Waals surface area contributed by atoms with E-state index in [1.165, 1.54) is 32.1 Å². The molecule has 1 aliphatic heterocycles. The Balaban J connectivity index is 1.59. The fourth-order valence-electron chi connectivity index (χ4n) is 2.86. The number of aromatic nitrogens is 2. The molecule has 2 fully saturated rings. The summed E-state index contributed by atoms with van der Waals surface area (Å²) in [6.45, 7) is 2.09. The SMILES string of the molecule is c1nn(C2CCCC2)cc1OC1CCCNC1. The van der Waals surface area contributed by atoms with Crippen molar-refractivity contribution in [3.63, 3.8) is 0 Å². The number of nitrogens with one attached hydrogen (secondary N) is 1. The molecule has 1 unspecified atom stereocenters. The largest absolute Gasteiger partial charge is 0.486 e. The maximum atomic E-state index is 5.95. The molecular formula is C13H21N3O. The van der Waals surface area contributed by atoms with Gasteiger partial charge in [0.25, 0.3) is 0 Å². The van der Waals surface area contributed by atoms with Crippen LogP contribution in [0, 0.1) is 0 Å². The molecule has 2 aliphatic rings. The van der Waals surface area contributed by atoms with Gasteiger partial charge in [0.1, 0.15) is 6.10 Å². The third-order valence-corrected chi connectivity index (χ3v) is 3.83. The van der Waals surface area contributed by atoms with Crippen molar-refractivity contribution in [2.75, 3.05) is 13.1 Å². The summed E-state index contributed by atoms with van der Waals surface area (Å²) in [6.07, 6.45) is 11.9. The summed E-state index contributed by atoms with van der Waals surface area (Å²) in [5.41, 5.74) is 0. The van der Waals surface area contributed by atoms with Crippen LogP contribution in [0.15, 0.2) is 12.4 Å². The molecule has 0 spiro atoms. The Bertz CT molecular complexity index is 351. The molecule has 1 saturated carbocycles. The van der Waals surface area contributed by atoms with E-state index in [0.29, 0.717) is 12.1 Å². The summed E-state index contributed by atoms with van der Waals surface area (Å²) in [7, 11) is 0. The molecule has 0 bridgehead atoms. The quantitative estimate of drug-likeness (QED) is 0.872. The average molecular weight is 235 g/mol. The number of ether oxygens (including phenoxy) is 1. The van der Waals surface area contributed by atoms with Gasteiger partial charge < -0.3 is 10.1 Å². The van der Waals surface area contributed by atoms with Gasteiger partial charge in [0, 0.05) is 6.54 Å². The third kappa shape index (κ3) is 2.63. The maximum absolute atomic E-state index is 5.95. The molecule has 94 valence electrons. The van der Waals surface area contributed by atoms with Gasteiger partial charge in [-0.3, -0.25) is 4.68 Å². The Morgan fingerprint density at radius 2 is 2.12 bits per heavy atom. The van der Waals surface area contributed by atoms with Gasteiger partial charge in [-0.25, -0.2) is 0 Å². The zero-order valence-corrected chi connectivity index (χ0v) is 10.3. The molecule has 4 nitrogen and oxygen atoms in total. The monoisotopic (exact) mass is 235 g/mol. The highest BCUT2D eigenvalue weighted by molar-refractivity contribution is 5.13. The minimum absolute atomic E-state index is 0.324. The van der Waals surface area contributed by atoms with Crippen LogP contribution in [-0.2, 0) is 0 Å². The molecule has 0 amide bonds. The van der Waals surface area contributed by atoms with E-state index in [0.717, 1.165) is 25.3 Å². The first-order valence-electron chi connectivity index (χ1n) is 6.83. The number of nitrogens with zero attached hydrogens (tertiary/aromatic N) is 2. The van der Waals surface area contributed by atoms with E-state index in [-0.39, 0.29) is 0 Å². The van der Waals surface area contributed by atoms with Crippen LogP contribution in [-0.4, -0.2) is 29.0 Å². The van der Waals surface area contributed by atoms with Crippen LogP contribution in [0.2, 0.25) is 0 Å². The molecule has 0 aromatic carbocycles. The Hall–Kier alpha value is -1.03. The molecule has 4 heteroatoms. The molecule has 1 atom stereocenters. The Morgan fingerprint density at radius 3 is 2.88 bits per heavy atom. The first kappa shape index (κ1) is 11.1. The average Bonchev–Trinajstić information content (AvgIpc) is 3.00. The van der Waals surface area contributed by atoms with Crippen LogP contribution in [0.1, 0.15) is 44.6 Å². The molecule has 1 saturated heterocycles.